The second-order valence-electron chi connectivity index (χ2n) is 12.0. The van der Waals surface area contributed by atoms with E-state index in [0.29, 0.717) is 0 Å². The number of nitrogens with zero attached hydrogens (tertiary/aromatic N) is 5. The zero-order valence-corrected chi connectivity index (χ0v) is 26.2. The van der Waals surface area contributed by atoms with Crippen molar-refractivity contribution in [1.29, 1.82) is 5.26 Å². The molecule has 0 spiro atoms. The molecule has 3 aliphatic heterocycles. The second kappa shape index (κ2) is 11.6. The molecule has 0 amide bonds. The summed E-state index contributed by atoms with van der Waals surface area (Å²) in [6.45, 7) is 2.37. The molecule has 2 atom stereocenters. The lowest BCUT2D eigenvalue weighted by Gasteiger charge is -2.33. The molecule has 9 nitrogen and oxygen atoms in total. The van der Waals surface area contributed by atoms with Crippen LogP contribution in [0.2, 0.25) is 5.02 Å². The van der Waals surface area contributed by atoms with Gasteiger partial charge in [-0.15, -0.1) is 11.3 Å². The number of nitriles is 1. The minimum absolute atomic E-state index is 0.0375. The molecular weight excluding hydrogens is 648 g/mol. The molecule has 3 N–H and O–H groups in total. The van der Waals surface area contributed by atoms with Gasteiger partial charge >= 0.3 is 6.01 Å². The van der Waals surface area contributed by atoms with E-state index in [1.54, 1.807) is 0 Å². The molecule has 7 rings (SSSR count). The number of anilines is 2. The predicted molar refractivity (Wildman–Crippen MR) is 167 cm³/mol. The Hall–Kier alpha value is -3.64. The van der Waals surface area contributed by atoms with Gasteiger partial charge in [0.2, 0.25) is 0 Å². The summed E-state index contributed by atoms with van der Waals surface area (Å²) in [6.07, 6.45) is -0.181. The van der Waals surface area contributed by atoms with E-state index in [0.717, 1.165) is 56.2 Å². The van der Waals surface area contributed by atoms with Crippen LogP contribution < -0.4 is 20.1 Å². The van der Waals surface area contributed by atoms with Crippen LogP contribution in [0.25, 0.3) is 32.1 Å². The van der Waals surface area contributed by atoms with E-state index < -0.39 is 36.8 Å². The Morgan fingerprint density at radius 3 is 2.65 bits per heavy atom. The van der Waals surface area contributed by atoms with E-state index in [1.165, 1.54) is 17.9 Å². The van der Waals surface area contributed by atoms with Gasteiger partial charge in [-0.05, 0) is 57.3 Å². The molecule has 0 saturated carbocycles. The molecule has 0 aliphatic carbocycles. The normalized spacial score (nSPS) is 19.8. The molecule has 2 saturated heterocycles. The van der Waals surface area contributed by atoms with Crippen molar-refractivity contribution in [3.8, 4) is 29.0 Å². The molecule has 5 heterocycles. The lowest BCUT2D eigenvalue weighted by molar-refractivity contribution is 0.105. The summed E-state index contributed by atoms with van der Waals surface area (Å²) in [4.78, 5) is 12.5. The van der Waals surface area contributed by atoms with E-state index >= 15 is 4.39 Å². The van der Waals surface area contributed by atoms with Crippen molar-refractivity contribution in [3.63, 3.8) is 0 Å². The highest BCUT2D eigenvalue weighted by Crippen LogP contribution is 2.51. The Balaban J connectivity index is 1.49. The lowest BCUT2D eigenvalue weighted by atomic mass is 9.95. The molecule has 0 radical (unpaired) electrons. The van der Waals surface area contributed by atoms with Crippen LogP contribution in [0.15, 0.2) is 12.1 Å². The molecule has 0 bridgehead atoms. The van der Waals surface area contributed by atoms with Crippen LogP contribution in [0.1, 0.15) is 38.2 Å². The van der Waals surface area contributed by atoms with Gasteiger partial charge in [0.25, 0.3) is 6.43 Å². The predicted octanol–water partition coefficient (Wildman–Crippen LogP) is 6.12. The smallest absolute Gasteiger partial charge is 0.319 e. The number of alkyl halides is 2. The third-order valence-corrected chi connectivity index (χ3v) is 10.8. The van der Waals surface area contributed by atoms with Crippen molar-refractivity contribution in [3.05, 3.63) is 34.4 Å². The number of hydrogen-bond acceptors (Lipinski definition) is 10. The fourth-order valence-electron chi connectivity index (χ4n) is 7.23. The third kappa shape index (κ3) is 4.78. The van der Waals surface area contributed by atoms with Crippen LogP contribution in [0.3, 0.4) is 0 Å². The molecule has 15 heteroatoms. The standard InChI is InChI=1S/C31H29ClF4N6O3S/c1-14(43)18-12-44-26-22-25(24(36)21(23(26)32)15-4-5-17(33)27-20(15)16(10-37)28(38)46-27)39-30(40-29(22)42(18)11-19(34)35)45-13-31-6-2-8-41(31)9-3-7-31/h4-5,14,18-19,43H,2-3,6-9,11-13,38H2,1H3. The number of thiophene rings is 1. The first-order valence-electron chi connectivity index (χ1n) is 14.9. The Morgan fingerprint density at radius 2 is 1.98 bits per heavy atom. The van der Waals surface area contributed by atoms with Crippen molar-refractivity contribution in [1.82, 2.24) is 14.9 Å². The minimum Gasteiger partial charge on any atom is -0.489 e. The number of nitrogens with two attached hydrogens (primary N) is 1. The monoisotopic (exact) mass is 676 g/mol. The summed E-state index contributed by atoms with van der Waals surface area (Å²) >= 11 is 7.73. The molecule has 2 aromatic carbocycles. The van der Waals surface area contributed by atoms with Gasteiger partial charge in [0, 0.05) is 10.9 Å². The van der Waals surface area contributed by atoms with Crippen molar-refractivity contribution in [2.45, 2.75) is 56.7 Å². The molecule has 2 unspecified atom stereocenters. The molecule has 46 heavy (non-hydrogen) atoms. The van der Waals surface area contributed by atoms with Gasteiger partial charge in [-0.1, -0.05) is 17.7 Å². The third-order valence-electron chi connectivity index (χ3n) is 9.39. The quantitative estimate of drug-likeness (QED) is 0.223. The molecule has 3 aliphatic rings. The molecular formula is C31H29ClF4N6O3S. The summed E-state index contributed by atoms with van der Waals surface area (Å²) in [5, 5.41) is 20.3. The molecule has 2 aromatic heterocycles. The van der Waals surface area contributed by atoms with Crippen LogP contribution in [0.5, 0.6) is 11.8 Å². The van der Waals surface area contributed by atoms with Crippen molar-refractivity contribution in [2.24, 2.45) is 0 Å². The van der Waals surface area contributed by atoms with E-state index in [9.17, 15) is 23.5 Å². The van der Waals surface area contributed by atoms with Crippen LogP contribution >= 0.6 is 22.9 Å². The highest BCUT2D eigenvalue weighted by Gasteiger charge is 2.45. The van der Waals surface area contributed by atoms with Gasteiger partial charge in [-0.3, -0.25) is 4.90 Å². The Labute approximate surface area is 270 Å². The fourth-order valence-corrected chi connectivity index (χ4v) is 8.52. The van der Waals surface area contributed by atoms with Crippen LogP contribution in [-0.2, 0) is 0 Å². The number of benzene rings is 2. The van der Waals surface area contributed by atoms with Gasteiger partial charge in [0.1, 0.15) is 41.4 Å². The van der Waals surface area contributed by atoms with Gasteiger partial charge in [0.15, 0.2) is 11.6 Å². The largest absolute Gasteiger partial charge is 0.489 e. The topological polar surface area (TPSA) is 121 Å². The molecule has 2 fully saturated rings. The number of halogens is 5. The number of nitrogen functional groups attached to an aromatic ring is 1. The maximum atomic E-state index is 17.0. The summed E-state index contributed by atoms with van der Waals surface area (Å²) in [7, 11) is 0. The van der Waals surface area contributed by atoms with E-state index in [-0.39, 0.29) is 84.0 Å². The number of hydrogen-bond donors (Lipinski definition) is 2. The minimum atomic E-state index is -2.85. The number of aliphatic hydroxyl groups is 1. The molecule has 4 aromatic rings. The Kier molecular flexibility index (Phi) is 7.78. The van der Waals surface area contributed by atoms with E-state index in [1.807, 2.05) is 6.07 Å². The van der Waals surface area contributed by atoms with E-state index in [2.05, 4.69) is 14.9 Å². The Bertz CT molecular complexity index is 1910. The zero-order chi connectivity index (χ0) is 32.5. The second-order valence-corrected chi connectivity index (χ2v) is 13.4. The number of aromatic nitrogens is 2. The van der Waals surface area contributed by atoms with E-state index in [4.69, 9.17) is 26.8 Å². The fraction of sp³-hybridized carbons (Fsp3) is 0.452. The first kappa shape index (κ1) is 31.0. The van der Waals surface area contributed by atoms with Crippen molar-refractivity contribution >= 4 is 54.7 Å². The first-order chi connectivity index (χ1) is 22.0. The number of aliphatic hydroxyl groups excluding tert-OH is 1. The van der Waals surface area contributed by atoms with Crippen molar-refractivity contribution in [2.75, 3.05) is 43.5 Å². The number of fused-ring (bicyclic) bond motifs is 2. The first-order valence-corrected chi connectivity index (χ1v) is 16.1. The average molecular weight is 677 g/mol. The summed E-state index contributed by atoms with van der Waals surface area (Å²) in [6, 6.07) is 3.13. The Morgan fingerprint density at radius 1 is 1.24 bits per heavy atom. The summed E-state index contributed by atoms with van der Waals surface area (Å²) < 4.78 is 72.2. The maximum absolute atomic E-state index is 17.0. The maximum Gasteiger partial charge on any atom is 0.319 e. The number of rotatable bonds is 7. The highest BCUT2D eigenvalue weighted by atomic mass is 35.5. The molecule has 242 valence electrons. The van der Waals surface area contributed by atoms with Gasteiger partial charge in [-0.25, -0.2) is 17.6 Å². The van der Waals surface area contributed by atoms with Gasteiger partial charge in [-0.2, -0.15) is 15.2 Å². The van der Waals surface area contributed by atoms with Crippen LogP contribution in [0.4, 0.5) is 28.4 Å². The zero-order valence-electron chi connectivity index (χ0n) is 24.6. The van der Waals surface area contributed by atoms with Crippen molar-refractivity contribution < 1.29 is 32.1 Å². The SMILES string of the molecule is CC(O)C1COc2c(Cl)c(-c3ccc(F)c4sc(N)c(C#N)c34)c(F)c3nc(OCC45CCCN4CCC5)nc(c23)N1CC(F)F. The summed E-state index contributed by atoms with van der Waals surface area (Å²) in [5.74, 6) is -1.86. The van der Waals surface area contributed by atoms with Gasteiger partial charge < -0.3 is 25.2 Å². The summed E-state index contributed by atoms with van der Waals surface area (Å²) in [5.41, 5.74) is 5.27. The average Bonchev–Trinajstić information content (AvgIpc) is 3.66. The van der Waals surface area contributed by atoms with Gasteiger partial charge in [0.05, 0.1) is 44.9 Å². The van der Waals surface area contributed by atoms with Crippen LogP contribution in [-0.4, -0.2) is 76.9 Å². The highest BCUT2D eigenvalue weighted by molar-refractivity contribution is 7.23. The lowest BCUT2D eigenvalue weighted by Crippen LogP contribution is -2.48. The van der Waals surface area contributed by atoms with Crippen LogP contribution in [0, 0.1) is 23.0 Å². The number of ether oxygens (including phenoxy) is 2.